The molecule has 0 aromatic carbocycles. The molecule has 1 aliphatic rings. The Balaban J connectivity index is 2.03. The molecule has 0 radical (unpaired) electrons. The average molecular weight is 212 g/mol. The van der Waals surface area contributed by atoms with Crippen molar-refractivity contribution >= 4 is 6.34 Å². The van der Waals surface area contributed by atoms with Gasteiger partial charge in [-0.05, 0) is 19.3 Å². The molecule has 0 aromatic rings. The zero-order valence-electron chi connectivity index (χ0n) is 10.1. The molecule has 3 nitrogen and oxygen atoms in total. The van der Waals surface area contributed by atoms with Gasteiger partial charge in [0, 0.05) is 6.54 Å². The van der Waals surface area contributed by atoms with Gasteiger partial charge in [0.15, 0.2) is 6.23 Å². The SMILES string of the molecule is CCCCCC1N=CN(CCCCC)O1. The number of hydrogen-bond acceptors (Lipinski definition) is 3. The molecule has 0 saturated carbocycles. The molecular formula is C12H24N2O. The van der Waals surface area contributed by atoms with Crippen LogP contribution in [-0.2, 0) is 4.84 Å². The number of hydrogen-bond donors (Lipinski definition) is 0. The van der Waals surface area contributed by atoms with Crippen LogP contribution in [0.5, 0.6) is 0 Å². The lowest BCUT2D eigenvalue weighted by Gasteiger charge is -2.15. The summed E-state index contributed by atoms with van der Waals surface area (Å²) in [5, 5.41) is 1.90. The lowest BCUT2D eigenvalue weighted by molar-refractivity contribution is -0.121. The summed E-state index contributed by atoms with van der Waals surface area (Å²) in [5.41, 5.74) is 0. The summed E-state index contributed by atoms with van der Waals surface area (Å²) in [6.45, 7) is 5.42. The molecule has 0 amide bonds. The molecule has 1 unspecified atom stereocenters. The molecule has 0 aromatic heterocycles. The second-order valence-electron chi connectivity index (χ2n) is 4.17. The second-order valence-corrected chi connectivity index (χ2v) is 4.17. The molecular weight excluding hydrogens is 188 g/mol. The topological polar surface area (TPSA) is 24.8 Å². The molecule has 0 bridgehead atoms. The van der Waals surface area contributed by atoms with Gasteiger partial charge < -0.3 is 0 Å². The van der Waals surface area contributed by atoms with E-state index in [1.165, 1.54) is 38.5 Å². The van der Waals surface area contributed by atoms with E-state index in [1.807, 2.05) is 11.4 Å². The number of rotatable bonds is 8. The molecule has 15 heavy (non-hydrogen) atoms. The van der Waals surface area contributed by atoms with Gasteiger partial charge in [-0.25, -0.2) is 14.9 Å². The number of hydroxylamine groups is 2. The van der Waals surface area contributed by atoms with E-state index >= 15 is 0 Å². The molecule has 0 fully saturated rings. The molecule has 0 N–H and O–H groups in total. The van der Waals surface area contributed by atoms with Crippen molar-refractivity contribution in [2.45, 2.75) is 65.0 Å². The van der Waals surface area contributed by atoms with Gasteiger partial charge in [-0.3, -0.25) is 0 Å². The Hall–Kier alpha value is -0.570. The van der Waals surface area contributed by atoms with Crippen molar-refractivity contribution in [2.75, 3.05) is 6.54 Å². The predicted octanol–water partition coefficient (Wildman–Crippen LogP) is 3.36. The van der Waals surface area contributed by atoms with Crippen LogP contribution in [0.15, 0.2) is 4.99 Å². The minimum absolute atomic E-state index is 0.0955. The van der Waals surface area contributed by atoms with Gasteiger partial charge in [0.1, 0.15) is 6.34 Å². The van der Waals surface area contributed by atoms with E-state index < -0.39 is 0 Å². The molecule has 3 heteroatoms. The van der Waals surface area contributed by atoms with Gasteiger partial charge in [-0.1, -0.05) is 39.5 Å². The van der Waals surface area contributed by atoms with Gasteiger partial charge in [-0.15, -0.1) is 0 Å². The quantitative estimate of drug-likeness (QED) is 0.576. The summed E-state index contributed by atoms with van der Waals surface area (Å²) < 4.78 is 0. The van der Waals surface area contributed by atoms with E-state index in [4.69, 9.17) is 4.84 Å². The van der Waals surface area contributed by atoms with Crippen LogP contribution in [0.25, 0.3) is 0 Å². The van der Waals surface area contributed by atoms with Crippen LogP contribution in [0.3, 0.4) is 0 Å². The highest BCUT2D eigenvalue weighted by molar-refractivity contribution is 5.54. The summed E-state index contributed by atoms with van der Waals surface area (Å²) in [6, 6.07) is 0. The number of unbranched alkanes of at least 4 members (excludes halogenated alkanes) is 4. The average Bonchev–Trinajstić information content (AvgIpc) is 2.67. The normalized spacial score (nSPS) is 20.1. The number of aliphatic imine (C=N–C) groups is 1. The number of nitrogens with zero attached hydrogens (tertiary/aromatic N) is 2. The molecule has 0 spiro atoms. The van der Waals surface area contributed by atoms with E-state index in [0.717, 1.165) is 13.0 Å². The Morgan fingerprint density at radius 3 is 2.60 bits per heavy atom. The standard InChI is InChI=1S/C12H24N2O/c1-3-5-7-9-12-13-11-14(15-12)10-8-6-4-2/h11-12H,3-10H2,1-2H3. The molecule has 0 saturated heterocycles. The van der Waals surface area contributed by atoms with Crippen molar-refractivity contribution in [3.05, 3.63) is 0 Å². The highest BCUT2D eigenvalue weighted by atomic mass is 16.7. The second kappa shape index (κ2) is 7.69. The maximum Gasteiger partial charge on any atom is 0.177 e. The van der Waals surface area contributed by atoms with Crippen LogP contribution >= 0.6 is 0 Å². The van der Waals surface area contributed by atoms with Crippen LogP contribution in [0.4, 0.5) is 0 Å². The Morgan fingerprint density at radius 1 is 1.13 bits per heavy atom. The molecule has 0 aliphatic carbocycles. The third-order valence-electron chi connectivity index (χ3n) is 2.66. The Morgan fingerprint density at radius 2 is 1.87 bits per heavy atom. The van der Waals surface area contributed by atoms with Crippen LogP contribution in [0.1, 0.15) is 58.8 Å². The van der Waals surface area contributed by atoms with Gasteiger partial charge >= 0.3 is 0 Å². The third-order valence-corrected chi connectivity index (χ3v) is 2.66. The van der Waals surface area contributed by atoms with Crippen LogP contribution in [0.2, 0.25) is 0 Å². The summed E-state index contributed by atoms with van der Waals surface area (Å²) in [7, 11) is 0. The van der Waals surface area contributed by atoms with Crippen LogP contribution in [0, 0.1) is 0 Å². The van der Waals surface area contributed by atoms with Crippen molar-refractivity contribution in [1.29, 1.82) is 0 Å². The maximum absolute atomic E-state index is 5.67. The molecule has 1 aliphatic heterocycles. The van der Waals surface area contributed by atoms with Gasteiger partial charge in [-0.2, -0.15) is 0 Å². The van der Waals surface area contributed by atoms with Crippen molar-refractivity contribution in [1.82, 2.24) is 5.06 Å². The smallest absolute Gasteiger partial charge is 0.177 e. The van der Waals surface area contributed by atoms with Crippen molar-refractivity contribution in [3.8, 4) is 0 Å². The van der Waals surface area contributed by atoms with E-state index in [0.29, 0.717) is 0 Å². The van der Waals surface area contributed by atoms with E-state index in [1.54, 1.807) is 0 Å². The summed E-state index contributed by atoms with van der Waals surface area (Å²) in [6.07, 6.45) is 10.5. The monoisotopic (exact) mass is 212 g/mol. The first kappa shape index (κ1) is 12.5. The maximum atomic E-state index is 5.67. The predicted molar refractivity (Wildman–Crippen MR) is 63.7 cm³/mol. The van der Waals surface area contributed by atoms with E-state index in [9.17, 15) is 0 Å². The fraction of sp³-hybridized carbons (Fsp3) is 0.917. The van der Waals surface area contributed by atoms with Crippen molar-refractivity contribution in [3.63, 3.8) is 0 Å². The van der Waals surface area contributed by atoms with Crippen molar-refractivity contribution in [2.24, 2.45) is 4.99 Å². The van der Waals surface area contributed by atoms with Crippen LogP contribution < -0.4 is 0 Å². The van der Waals surface area contributed by atoms with Crippen LogP contribution in [-0.4, -0.2) is 24.2 Å². The Labute approximate surface area is 93.5 Å². The zero-order chi connectivity index (χ0) is 10.9. The van der Waals surface area contributed by atoms with Gasteiger partial charge in [0.05, 0.1) is 0 Å². The van der Waals surface area contributed by atoms with E-state index in [2.05, 4.69) is 18.8 Å². The third kappa shape index (κ3) is 5.17. The molecule has 1 atom stereocenters. The Bertz CT molecular complexity index is 164. The first-order valence-electron chi connectivity index (χ1n) is 6.33. The lowest BCUT2D eigenvalue weighted by atomic mass is 10.2. The summed E-state index contributed by atoms with van der Waals surface area (Å²) in [5.74, 6) is 0. The highest BCUT2D eigenvalue weighted by Gasteiger charge is 2.16. The Kier molecular flexibility index (Phi) is 6.41. The minimum atomic E-state index is 0.0955. The first-order valence-corrected chi connectivity index (χ1v) is 6.33. The summed E-state index contributed by atoms with van der Waals surface area (Å²) >= 11 is 0. The summed E-state index contributed by atoms with van der Waals surface area (Å²) in [4.78, 5) is 10.0. The fourth-order valence-corrected chi connectivity index (χ4v) is 1.68. The first-order chi connectivity index (χ1) is 7.36. The minimum Gasteiger partial charge on any atom is -0.246 e. The molecule has 1 rings (SSSR count). The molecule has 88 valence electrons. The van der Waals surface area contributed by atoms with Gasteiger partial charge in [0.25, 0.3) is 0 Å². The largest absolute Gasteiger partial charge is 0.246 e. The highest BCUT2D eigenvalue weighted by Crippen LogP contribution is 2.14. The van der Waals surface area contributed by atoms with Gasteiger partial charge in [0.2, 0.25) is 0 Å². The van der Waals surface area contributed by atoms with E-state index in [-0.39, 0.29) is 6.23 Å². The van der Waals surface area contributed by atoms with Crippen molar-refractivity contribution < 1.29 is 4.84 Å². The zero-order valence-corrected chi connectivity index (χ0v) is 10.1. The fourth-order valence-electron chi connectivity index (χ4n) is 1.68. The molecule has 1 heterocycles. The lowest BCUT2D eigenvalue weighted by Crippen LogP contribution is -2.21.